The highest BCUT2D eigenvalue weighted by Gasteiger charge is 2.27. The van der Waals surface area contributed by atoms with E-state index in [1.165, 1.54) is 12.1 Å². The number of alkyl halides is 3. The highest BCUT2D eigenvalue weighted by molar-refractivity contribution is 5.79. The fourth-order valence-electron chi connectivity index (χ4n) is 2.40. The van der Waals surface area contributed by atoms with Crippen molar-refractivity contribution >= 4 is 5.96 Å². The van der Waals surface area contributed by atoms with Gasteiger partial charge >= 0.3 is 6.18 Å². The van der Waals surface area contributed by atoms with Crippen molar-refractivity contribution in [1.82, 2.24) is 10.6 Å². The Labute approximate surface area is 161 Å². The van der Waals surface area contributed by atoms with Crippen LogP contribution in [0.15, 0.2) is 53.5 Å². The minimum absolute atomic E-state index is 0.111. The number of hydrogen-bond acceptors (Lipinski definition) is 2. The summed E-state index contributed by atoms with van der Waals surface area (Å²) in [6.45, 7) is 2.06. The molecule has 0 aliphatic heterocycles. The second-order valence-corrected chi connectivity index (χ2v) is 6.10. The lowest BCUT2D eigenvalue weighted by atomic mass is 10.1. The molecule has 0 aliphatic rings. The van der Waals surface area contributed by atoms with E-state index in [2.05, 4.69) is 20.4 Å². The predicted molar refractivity (Wildman–Crippen MR) is 100 cm³/mol. The molecule has 4 nitrogen and oxygen atoms in total. The van der Waals surface area contributed by atoms with Gasteiger partial charge in [-0.05, 0) is 35.7 Å². The molecule has 152 valence electrons. The van der Waals surface area contributed by atoms with Crippen molar-refractivity contribution in [2.24, 2.45) is 4.99 Å². The maximum atomic E-state index is 13.0. The summed E-state index contributed by atoms with van der Waals surface area (Å²) in [7, 11) is 0. The summed E-state index contributed by atoms with van der Waals surface area (Å²) in [5.74, 6) is 0.300. The molecule has 0 heterocycles. The molecule has 0 atom stereocenters. The van der Waals surface area contributed by atoms with E-state index in [0.29, 0.717) is 31.2 Å². The lowest BCUT2D eigenvalue weighted by Crippen LogP contribution is -2.36. The number of benzene rings is 2. The van der Waals surface area contributed by atoms with Gasteiger partial charge in [-0.3, -0.25) is 0 Å². The molecule has 0 amide bonds. The summed E-state index contributed by atoms with van der Waals surface area (Å²) in [5, 5.41) is 6.27. The van der Waals surface area contributed by atoms with E-state index < -0.39 is 12.8 Å². The monoisotopic (exact) mass is 397 g/mol. The Balaban J connectivity index is 1.92. The highest BCUT2D eigenvalue weighted by Crippen LogP contribution is 2.16. The maximum Gasteiger partial charge on any atom is 0.411 e. The SMILES string of the molecule is CCNC(=NCc1cccc(COCC(F)(F)F)c1)NCc1ccc(F)cc1. The molecule has 28 heavy (non-hydrogen) atoms. The molecule has 0 bridgehead atoms. The Hall–Kier alpha value is -2.61. The van der Waals surface area contributed by atoms with Gasteiger partial charge in [0.15, 0.2) is 5.96 Å². The van der Waals surface area contributed by atoms with E-state index in [4.69, 9.17) is 0 Å². The van der Waals surface area contributed by atoms with Crippen molar-refractivity contribution in [3.05, 3.63) is 71.0 Å². The summed E-state index contributed by atoms with van der Waals surface area (Å²) >= 11 is 0. The lowest BCUT2D eigenvalue weighted by Gasteiger charge is -2.12. The zero-order chi connectivity index (χ0) is 20.4. The molecule has 8 heteroatoms. The van der Waals surface area contributed by atoms with Crippen LogP contribution in [0.3, 0.4) is 0 Å². The van der Waals surface area contributed by atoms with E-state index in [1.807, 2.05) is 13.0 Å². The van der Waals surface area contributed by atoms with Crippen molar-refractivity contribution in [3.63, 3.8) is 0 Å². The third-order valence-electron chi connectivity index (χ3n) is 3.66. The quantitative estimate of drug-likeness (QED) is 0.400. The van der Waals surface area contributed by atoms with Crippen LogP contribution in [0.4, 0.5) is 17.6 Å². The number of nitrogens with one attached hydrogen (secondary N) is 2. The molecule has 0 aromatic heterocycles. The molecule has 2 aromatic carbocycles. The van der Waals surface area contributed by atoms with Gasteiger partial charge in [-0.2, -0.15) is 13.2 Å². The van der Waals surface area contributed by atoms with Crippen molar-refractivity contribution in [2.45, 2.75) is 32.8 Å². The smallest absolute Gasteiger partial charge is 0.367 e. The first-order valence-corrected chi connectivity index (χ1v) is 8.84. The van der Waals surface area contributed by atoms with Crippen LogP contribution in [0.2, 0.25) is 0 Å². The van der Waals surface area contributed by atoms with Crippen molar-refractivity contribution in [1.29, 1.82) is 0 Å². The average Bonchev–Trinajstić information content (AvgIpc) is 2.65. The fourth-order valence-corrected chi connectivity index (χ4v) is 2.40. The predicted octanol–water partition coefficient (Wildman–Crippen LogP) is 4.16. The fraction of sp³-hybridized carbons (Fsp3) is 0.350. The Morgan fingerprint density at radius 3 is 2.39 bits per heavy atom. The number of halogens is 4. The Morgan fingerprint density at radius 2 is 1.71 bits per heavy atom. The molecular formula is C20H23F4N3O. The molecule has 2 N–H and O–H groups in total. The molecule has 0 saturated heterocycles. The number of hydrogen-bond donors (Lipinski definition) is 2. The summed E-state index contributed by atoms with van der Waals surface area (Å²) in [6, 6.07) is 13.3. The maximum absolute atomic E-state index is 13.0. The van der Waals surface area contributed by atoms with Crippen LogP contribution in [0.25, 0.3) is 0 Å². The zero-order valence-electron chi connectivity index (χ0n) is 15.5. The largest absolute Gasteiger partial charge is 0.411 e. The van der Waals surface area contributed by atoms with Crippen LogP contribution in [-0.4, -0.2) is 25.3 Å². The van der Waals surface area contributed by atoms with Crippen LogP contribution in [0.1, 0.15) is 23.6 Å². The van der Waals surface area contributed by atoms with Gasteiger partial charge in [0.2, 0.25) is 0 Å². The standard InChI is InChI=1S/C20H23F4N3O/c1-2-25-19(26-11-15-6-8-18(21)9-7-15)27-12-16-4-3-5-17(10-16)13-28-14-20(22,23)24/h3-10H,2,11-14H2,1H3,(H2,25,26,27). The van der Waals surface area contributed by atoms with Gasteiger partial charge in [-0.15, -0.1) is 0 Å². The highest BCUT2D eigenvalue weighted by atomic mass is 19.4. The van der Waals surface area contributed by atoms with E-state index >= 15 is 0 Å². The third kappa shape index (κ3) is 8.39. The van der Waals surface area contributed by atoms with Gasteiger partial charge in [-0.25, -0.2) is 9.38 Å². The molecular weight excluding hydrogens is 374 g/mol. The van der Waals surface area contributed by atoms with E-state index in [9.17, 15) is 17.6 Å². The molecule has 0 fully saturated rings. The van der Waals surface area contributed by atoms with Crippen LogP contribution < -0.4 is 10.6 Å². The summed E-state index contributed by atoms with van der Waals surface area (Å²) in [4.78, 5) is 4.48. The van der Waals surface area contributed by atoms with Gasteiger partial charge in [0.25, 0.3) is 0 Å². The Kier molecular flexibility index (Phi) is 8.25. The van der Waals surface area contributed by atoms with Gasteiger partial charge < -0.3 is 15.4 Å². The molecule has 2 rings (SSSR count). The molecule has 0 radical (unpaired) electrons. The Morgan fingerprint density at radius 1 is 1.00 bits per heavy atom. The van der Waals surface area contributed by atoms with Crippen LogP contribution in [0.5, 0.6) is 0 Å². The third-order valence-corrected chi connectivity index (χ3v) is 3.66. The number of nitrogens with zero attached hydrogens (tertiary/aromatic N) is 1. The first-order valence-electron chi connectivity index (χ1n) is 8.84. The Bertz CT molecular complexity index is 761. The number of ether oxygens (including phenoxy) is 1. The van der Waals surface area contributed by atoms with E-state index in [-0.39, 0.29) is 12.4 Å². The normalized spacial score (nSPS) is 12.1. The lowest BCUT2D eigenvalue weighted by molar-refractivity contribution is -0.176. The van der Waals surface area contributed by atoms with Crippen molar-refractivity contribution in [2.75, 3.05) is 13.2 Å². The van der Waals surface area contributed by atoms with E-state index in [0.717, 1.165) is 11.1 Å². The summed E-state index contributed by atoms with van der Waals surface area (Å²) in [5.41, 5.74) is 2.42. The minimum Gasteiger partial charge on any atom is -0.367 e. The van der Waals surface area contributed by atoms with Crippen molar-refractivity contribution in [3.8, 4) is 0 Å². The minimum atomic E-state index is -4.33. The molecule has 2 aromatic rings. The van der Waals surface area contributed by atoms with Gasteiger partial charge in [0, 0.05) is 13.1 Å². The average molecular weight is 397 g/mol. The summed E-state index contributed by atoms with van der Waals surface area (Å²) < 4.78 is 54.1. The van der Waals surface area contributed by atoms with E-state index in [1.54, 1.807) is 30.3 Å². The zero-order valence-corrected chi connectivity index (χ0v) is 15.5. The second kappa shape index (κ2) is 10.7. The van der Waals surface area contributed by atoms with Gasteiger partial charge in [0.1, 0.15) is 12.4 Å². The van der Waals surface area contributed by atoms with Crippen LogP contribution >= 0.6 is 0 Å². The summed E-state index contributed by atoms with van der Waals surface area (Å²) in [6.07, 6.45) is -4.33. The molecule has 0 spiro atoms. The number of rotatable bonds is 8. The molecule has 0 unspecified atom stereocenters. The number of aliphatic imine (C=N–C) groups is 1. The first kappa shape index (κ1) is 21.7. The second-order valence-electron chi connectivity index (χ2n) is 6.10. The number of guanidine groups is 1. The topological polar surface area (TPSA) is 45.7 Å². The molecule has 0 aliphatic carbocycles. The van der Waals surface area contributed by atoms with Crippen LogP contribution in [0, 0.1) is 5.82 Å². The first-order chi connectivity index (χ1) is 13.4. The molecule has 0 saturated carbocycles. The van der Waals surface area contributed by atoms with Gasteiger partial charge in [0.05, 0.1) is 13.2 Å². The van der Waals surface area contributed by atoms with Gasteiger partial charge in [-0.1, -0.05) is 36.4 Å². The van der Waals surface area contributed by atoms with Crippen LogP contribution in [-0.2, 0) is 24.4 Å². The van der Waals surface area contributed by atoms with Crippen molar-refractivity contribution < 1.29 is 22.3 Å².